The Morgan fingerprint density at radius 1 is 1.60 bits per heavy atom. The van der Waals surface area contributed by atoms with Crippen molar-refractivity contribution in [3.8, 4) is 0 Å². The van der Waals surface area contributed by atoms with E-state index >= 15 is 0 Å². The average molecular weight is 230 g/mol. The van der Waals surface area contributed by atoms with Gasteiger partial charge in [-0.3, -0.25) is 4.79 Å². The summed E-state index contributed by atoms with van der Waals surface area (Å²) in [4.78, 5) is 10.4. The van der Waals surface area contributed by atoms with Gasteiger partial charge >= 0.3 is 5.97 Å². The summed E-state index contributed by atoms with van der Waals surface area (Å²) in [5.41, 5.74) is -0.335. The minimum atomic E-state index is -0.751. The average Bonchev–Trinajstić information content (AvgIpc) is 2.60. The number of hydrogen-bond donors (Lipinski definition) is 1. The third-order valence-electron chi connectivity index (χ3n) is 2.65. The molecule has 0 radical (unpaired) electrons. The number of carboxylic acid groups (broad SMARTS) is 1. The van der Waals surface area contributed by atoms with Crippen LogP contribution in [0.1, 0.15) is 19.3 Å². The van der Waals surface area contributed by atoms with E-state index in [0.29, 0.717) is 19.6 Å². The lowest BCUT2D eigenvalue weighted by Gasteiger charge is -2.35. The Morgan fingerprint density at radius 3 is 3.27 bits per heavy atom. The van der Waals surface area contributed by atoms with E-state index in [4.69, 9.17) is 14.6 Å². The van der Waals surface area contributed by atoms with Gasteiger partial charge in [-0.25, -0.2) is 0 Å². The Kier molecular flexibility index (Phi) is 3.21. The van der Waals surface area contributed by atoms with Crippen LogP contribution in [0.15, 0.2) is 11.2 Å². The monoisotopic (exact) mass is 230 g/mol. The van der Waals surface area contributed by atoms with Crippen molar-refractivity contribution in [1.82, 2.24) is 0 Å². The number of rotatable bonds is 4. The van der Waals surface area contributed by atoms with E-state index < -0.39 is 5.97 Å². The molecule has 5 heteroatoms. The van der Waals surface area contributed by atoms with E-state index in [2.05, 4.69) is 0 Å². The van der Waals surface area contributed by atoms with Crippen LogP contribution in [-0.4, -0.2) is 35.6 Å². The topological polar surface area (TPSA) is 55.8 Å². The molecule has 0 amide bonds. The molecular formula is C10H14O4S. The minimum absolute atomic E-state index is 0.197. The van der Waals surface area contributed by atoms with Gasteiger partial charge in [0, 0.05) is 17.6 Å². The Bertz CT molecular complexity index is 289. The van der Waals surface area contributed by atoms with Crippen LogP contribution >= 0.6 is 11.8 Å². The van der Waals surface area contributed by atoms with E-state index in [1.165, 1.54) is 0 Å². The quantitative estimate of drug-likeness (QED) is 0.795. The fraction of sp³-hybridized carbons (Fsp3) is 0.700. The number of aliphatic carboxylic acids is 1. The van der Waals surface area contributed by atoms with Crippen LogP contribution < -0.4 is 0 Å². The van der Waals surface area contributed by atoms with Crippen LogP contribution in [0, 0.1) is 0 Å². The van der Waals surface area contributed by atoms with Crippen LogP contribution in [0.3, 0.4) is 0 Å². The molecule has 2 aliphatic rings. The van der Waals surface area contributed by atoms with E-state index in [1.807, 2.05) is 5.41 Å². The molecule has 1 N–H and O–H groups in total. The van der Waals surface area contributed by atoms with Gasteiger partial charge in [0.2, 0.25) is 0 Å². The normalized spacial score (nSPS) is 29.2. The molecule has 1 unspecified atom stereocenters. The van der Waals surface area contributed by atoms with Crippen molar-refractivity contribution >= 4 is 17.7 Å². The van der Waals surface area contributed by atoms with Gasteiger partial charge < -0.3 is 14.6 Å². The summed E-state index contributed by atoms with van der Waals surface area (Å²) < 4.78 is 11.3. The van der Waals surface area contributed by atoms with Crippen molar-refractivity contribution < 1.29 is 19.4 Å². The predicted octanol–water partition coefficient (Wildman–Crippen LogP) is 1.62. The number of hydrogen-bond acceptors (Lipinski definition) is 4. The maximum Gasteiger partial charge on any atom is 0.303 e. The first kappa shape index (κ1) is 10.8. The summed E-state index contributed by atoms with van der Waals surface area (Å²) in [5.74, 6) is 0.991. The zero-order valence-corrected chi connectivity index (χ0v) is 9.22. The maximum atomic E-state index is 10.4. The van der Waals surface area contributed by atoms with Crippen molar-refractivity contribution in [1.29, 1.82) is 0 Å². The zero-order valence-electron chi connectivity index (χ0n) is 8.40. The zero-order chi connectivity index (χ0) is 10.7. The molecule has 1 atom stereocenters. The van der Waals surface area contributed by atoms with E-state index in [0.717, 1.165) is 17.9 Å². The lowest BCUT2D eigenvalue weighted by Crippen LogP contribution is -2.41. The smallest absolute Gasteiger partial charge is 0.303 e. The molecule has 0 saturated carbocycles. The van der Waals surface area contributed by atoms with Crippen molar-refractivity contribution in [2.45, 2.75) is 24.9 Å². The summed E-state index contributed by atoms with van der Waals surface area (Å²) in [6, 6.07) is 0. The second kappa shape index (κ2) is 4.45. The first-order chi connectivity index (χ1) is 7.23. The molecule has 2 heterocycles. The summed E-state index contributed by atoms with van der Waals surface area (Å²) in [6.07, 6.45) is 1.57. The van der Waals surface area contributed by atoms with Gasteiger partial charge in [0.05, 0.1) is 6.61 Å². The van der Waals surface area contributed by atoms with Crippen LogP contribution in [0.2, 0.25) is 0 Å². The number of carboxylic acids is 1. The molecular weight excluding hydrogens is 216 g/mol. The molecule has 2 rings (SSSR count). The molecule has 1 fully saturated rings. The Labute approximate surface area is 92.6 Å². The van der Waals surface area contributed by atoms with Crippen molar-refractivity contribution in [3.05, 3.63) is 11.2 Å². The van der Waals surface area contributed by atoms with Crippen LogP contribution in [0.5, 0.6) is 0 Å². The Hall–Kier alpha value is -0.680. The summed E-state index contributed by atoms with van der Waals surface area (Å²) in [7, 11) is 0. The summed E-state index contributed by atoms with van der Waals surface area (Å²) >= 11 is 1.68. The summed E-state index contributed by atoms with van der Waals surface area (Å²) in [6.45, 7) is 1.21. The Morgan fingerprint density at radius 2 is 2.47 bits per heavy atom. The van der Waals surface area contributed by atoms with Crippen molar-refractivity contribution in [3.63, 3.8) is 0 Å². The lowest BCUT2D eigenvalue weighted by molar-refractivity contribution is -0.138. The van der Waals surface area contributed by atoms with E-state index in [9.17, 15) is 4.79 Å². The minimum Gasteiger partial charge on any atom is -0.492 e. The van der Waals surface area contributed by atoms with Crippen LogP contribution in [0.25, 0.3) is 0 Å². The third kappa shape index (κ3) is 2.29. The number of thioether (sulfide) groups is 1. The largest absolute Gasteiger partial charge is 0.492 e. The highest BCUT2D eigenvalue weighted by molar-refractivity contribution is 8.02. The standard InChI is InChI=1S/C10H14O4S/c11-9(12)2-1-3-10-7-15-6-8(10)13-4-5-14-10/h6H,1-5,7H2,(H,11,12). The van der Waals surface area contributed by atoms with Crippen LogP contribution in [-0.2, 0) is 14.3 Å². The molecule has 2 aliphatic heterocycles. The second-order valence-corrected chi connectivity index (χ2v) is 4.59. The fourth-order valence-corrected chi connectivity index (χ4v) is 3.05. The van der Waals surface area contributed by atoms with Gasteiger partial charge in [0.1, 0.15) is 18.0 Å². The highest BCUT2D eigenvalue weighted by Gasteiger charge is 2.42. The first-order valence-electron chi connectivity index (χ1n) is 5.04. The molecule has 15 heavy (non-hydrogen) atoms. The van der Waals surface area contributed by atoms with Crippen LogP contribution in [0.4, 0.5) is 0 Å². The van der Waals surface area contributed by atoms with Gasteiger partial charge in [-0.1, -0.05) is 0 Å². The van der Waals surface area contributed by atoms with Gasteiger partial charge in [0.15, 0.2) is 0 Å². The van der Waals surface area contributed by atoms with E-state index in [1.54, 1.807) is 11.8 Å². The molecule has 0 aromatic rings. The van der Waals surface area contributed by atoms with Gasteiger partial charge in [-0.05, 0) is 12.8 Å². The molecule has 0 spiro atoms. The predicted molar refractivity (Wildman–Crippen MR) is 56.7 cm³/mol. The number of carbonyl (C=O) groups is 1. The maximum absolute atomic E-state index is 10.4. The van der Waals surface area contributed by atoms with Crippen molar-refractivity contribution in [2.24, 2.45) is 0 Å². The molecule has 0 aromatic heterocycles. The molecule has 1 saturated heterocycles. The first-order valence-corrected chi connectivity index (χ1v) is 6.09. The summed E-state index contributed by atoms with van der Waals surface area (Å²) in [5, 5.41) is 10.6. The molecule has 84 valence electrons. The molecule has 4 nitrogen and oxygen atoms in total. The van der Waals surface area contributed by atoms with E-state index in [-0.39, 0.29) is 12.0 Å². The Balaban J connectivity index is 1.92. The number of fused-ring (bicyclic) bond motifs is 1. The third-order valence-corrected chi connectivity index (χ3v) is 3.66. The highest BCUT2D eigenvalue weighted by atomic mass is 32.2. The SMILES string of the molecule is O=C(O)CCCC12CSC=C1OCCO2. The molecule has 0 aromatic carbocycles. The second-order valence-electron chi connectivity index (χ2n) is 3.73. The lowest BCUT2D eigenvalue weighted by atomic mass is 9.96. The van der Waals surface area contributed by atoms with Gasteiger partial charge in [0.25, 0.3) is 0 Å². The van der Waals surface area contributed by atoms with Crippen molar-refractivity contribution in [2.75, 3.05) is 19.0 Å². The molecule has 0 aliphatic carbocycles. The van der Waals surface area contributed by atoms with Gasteiger partial charge in [-0.15, -0.1) is 11.8 Å². The van der Waals surface area contributed by atoms with Gasteiger partial charge in [-0.2, -0.15) is 0 Å². The number of ether oxygens (including phenoxy) is 2. The molecule has 0 bridgehead atoms. The highest BCUT2D eigenvalue weighted by Crippen LogP contribution is 2.41. The fourth-order valence-electron chi connectivity index (χ4n) is 1.89.